The van der Waals surface area contributed by atoms with Crippen LogP contribution in [0, 0.1) is 0 Å². The zero-order chi connectivity index (χ0) is 44.7. The molecule has 0 spiro atoms. The summed E-state index contributed by atoms with van der Waals surface area (Å²) in [5.74, 6) is -1.00. The standard InChI is InChI=1S/C46H82O15/c1-3-5-7-9-11-13-15-17-19-21-23-25-27-29-38(49)59-34(31-56-37(48)28-26-24-22-20-18-16-14-12-10-8-6-4-2)32-57-45-44(55)42(53)40(51)36(61-45)33-58-46-43(54)41(52)39(50)35(30-47)60-46/h17,19,23,25,34-36,39-47,50-55H,3-16,18,20-22,24,26-33H2,1-2H3/b19-17+,25-23+/t34?,35-,36-,39+,40+,41?,42?,43?,44?,45-,46-/m1/s1. The largest absolute Gasteiger partial charge is 0.462 e. The number of esters is 2. The Morgan fingerprint density at radius 3 is 1.59 bits per heavy atom. The highest BCUT2D eigenvalue weighted by Crippen LogP contribution is 2.26. The van der Waals surface area contributed by atoms with Gasteiger partial charge in [0.1, 0.15) is 55.4 Å². The van der Waals surface area contributed by atoms with Gasteiger partial charge in [-0.25, -0.2) is 0 Å². The molecule has 15 heteroatoms. The first-order valence-electron chi connectivity index (χ1n) is 23.4. The average molecular weight is 875 g/mol. The summed E-state index contributed by atoms with van der Waals surface area (Å²) in [5.41, 5.74) is 0. The van der Waals surface area contributed by atoms with Crippen LogP contribution in [0.1, 0.15) is 162 Å². The summed E-state index contributed by atoms with van der Waals surface area (Å²) in [6.45, 7) is 2.50. The van der Waals surface area contributed by atoms with Gasteiger partial charge in [-0.05, 0) is 32.1 Å². The molecule has 0 aromatic carbocycles. The minimum Gasteiger partial charge on any atom is -0.462 e. The maximum atomic E-state index is 12.9. The van der Waals surface area contributed by atoms with Crippen molar-refractivity contribution in [2.45, 2.75) is 229 Å². The van der Waals surface area contributed by atoms with E-state index >= 15 is 0 Å². The van der Waals surface area contributed by atoms with E-state index in [1.54, 1.807) is 0 Å². The highest BCUT2D eigenvalue weighted by molar-refractivity contribution is 5.70. The van der Waals surface area contributed by atoms with Gasteiger partial charge in [0.2, 0.25) is 0 Å². The Balaban J connectivity index is 1.88. The van der Waals surface area contributed by atoms with Gasteiger partial charge in [0.05, 0.1) is 19.8 Å². The number of hydrogen-bond acceptors (Lipinski definition) is 15. The lowest BCUT2D eigenvalue weighted by Crippen LogP contribution is -2.61. The quantitative estimate of drug-likeness (QED) is 0.0246. The van der Waals surface area contributed by atoms with E-state index in [1.165, 1.54) is 89.9 Å². The first-order chi connectivity index (χ1) is 29.5. The number of ether oxygens (including phenoxy) is 6. The summed E-state index contributed by atoms with van der Waals surface area (Å²) >= 11 is 0. The van der Waals surface area contributed by atoms with Crippen LogP contribution >= 0.6 is 0 Å². The molecule has 61 heavy (non-hydrogen) atoms. The van der Waals surface area contributed by atoms with Crippen molar-refractivity contribution in [1.29, 1.82) is 0 Å². The van der Waals surface area contributed by atoms with Gasteiger partial charge in [-0.1, -0.05) is 141 Å². The van der Waals surface area contributed by atoms with Gasteiger partial charge in [-0.15, -0.1) is 0 Å². The van der Waals surface area contributed by atoms with Crippen LogP contribution in [0.2, 0.25) is 0 Å². The number of carbonyl (C=O) groups is 2. The highest BCUT2D eigenvalue weighted by atomic mass is 16.7. The van der Waals surface area contributed by atoms with E-state index in [1.807, 2.05) is 12.2 Å². The molecule has 0 saturated carbocycles. The molecule has 2 heterocycles. The Labute approximate surface area is 364 Å². The molecule has 2 aliphatic rings. The molecule has 2 aliphatic heterocycles. The predicted molar refractivity (Wildman–Crippen MR) is 229 cm³/mol. The lowest BCUT2D eigenvalue weighted by atomic mass is 9.98. The minimum atomic E-state index is -1.77. The van der Waals surface area contributed by atoms with Gasteiger partial charge < -0.3 is 64.2 Å². The molecule has 2 saturated heterocycles. The van der Waals surface area contributed by atoms with Crippen molar-refractivity contribution >= 4 is 11.9 Å². The van der Waals surface area contributed by atoms with Gasteiger partial charge in [0, 0.05) is 12.8 Å². The maximum Gasteiger partial charge on any atom is 0.306 e. The first kappa shape index (κ1) is 55.1. The van der Waals surface area contributed by atoms with E-state index in [-0.39, 0.29) is 19.4 Å². The number of hydrogen-bond donors (Lipinski definition) is 7. The van der Waals surface area contributed by atoms with Crippen LogP contribution in [-0.2, 0) is 38.0 Å². The summed E-state index contributed by atoms with van der Waals surface area (Å²) in [6.07, 6.45) is 15.2. The van der Waals surface area contributed by atoms with E-state index in [0.29, 0.717) is 12.8 Å². The second-order valence-electron chi connectivity index (χ2n) is 16.6. The number of rotatable bonds is 35. The topological polar surface area (TPSA) is 231 Å². The summed E-state index contributed by atoms with van der Waals surface area (Å²) in [6, 6.07) is 0. The Morgan fingerprint density at radius 1 is 0.525 bits per heavy atom. The molecule has 0 radical (unpaired) electrons. The lowest BCUT2D eigenvalue weighted by Gasteiger charge is -2.42. The molecule has 15 nitrogen and oxygen atoms in total. The SMILES string of the molecule is CCCCCCCC/C=C/C/C=C/CCC(=O)OC(COC(=O)CCCCCCCCCCCCCC)CO[C@@H]1O[C@H](CO[C@@H]2O[C@H](CO)[C@H](O)C(O)C2O)[C@H](O)C(O)C1O. The van der Waals surface area contributed by atoms with Gasteiger partial charge in [-0.2, -0.15) is 0 Å². The number of aliphatic hydroxyl groups excluding tert-OH is 7. The number of allylic oxidation sites excluding steroid dienone is 4. The monoisotopic (exact) mass is 875 g/mol. The molecule has 11 atom stereocenters. The molecule has 2 fully saturated rings. The van der Waals surface area contributed by atoms with E-state index in [4.69, 9.17) is 28.4 Å². The van der Waals surface area contributed by atoms with Crippen molar-refractivity contribution in [2.24, 2.45) is 0 Å². The normalized spacial score (nSPS) is 27.5. The van der Waals surface area contributed by atoms with Gasteiger partial charge >= 0.3 is 11.9 Å². The highest BCUT2D eigenvalue weighted by Gasteiger charge is 2.47. The molecule has 356 valence electrons. The molecule has 0 bridgehead atoms. The van der Waals surface area contributed by atoms with Crippen LogP contribution < -0.4 is 0 Å². The van der Waals surface area contributed by atoms with Crippen molar-refractivity contribution in [3.8, 4) is 0 Å². The van der Waals surface area contributed by atoms with E-state index in [0.717, 1.165) is 32.1 Å². The lowest BCUT2D eigenvalue weighted by molar-refractivity contribution is -0.332. The van der Waals surface area contributed by atoms with E-state index in [9.17, 15) is 45.3 Å². The van der Waals surface area contributed by atoms with Crippen LogP contribution in [0.5, 0.6) is 0 Å². The second-order valence-corrected chi connectivity index (χ2v) is 16.6. The Morgan fingerprint density at radius 2 is 1.02 bits per heavy atom. The molecule has 2 rings (SSSR count). The number of unbranched alkanes of at least 4 members (excludes halogenated alkanes) is 17. The number of carbonyl (C=O) groups excluding carboxylic acids is 2. The Kier molecular flexibility index (Phi) is 31.1. The Hall–Kier alpha value is -2.02. The fourth-order valence-electron chi connectivity index (χ4n) is 7.27. The zero-order valence-corrected chi connectivity index (χ0v) is 37.1. The van der Waals surface area contributed by atoms with Crippen molar-refractivity contribution < 1.29 is 73.8 Å². The smallest absolute Gasteiger partial charge is 0.306 e. The van der Waals surface area contributed by atoms with Crippen molar-refractivity contribution in [2.75, 3.05) is 26.4 Å². The van der Waals surface area contributed by atoms with Crippen LogP contribution in [0.25, 0.3) is 0 Å². The third-order valence-corrected chi connectivity index (χ3v) is 11.2. The maximum absolute atomic E-state index is 12.9. The average Bonchev–Trinajstić information content (AvgIpc) is 3.25. The van der Waals surface area contributed by atoms with Crippen LogP contribution in [0.3, 0.4) is 0 Å². The summed E-state index contributed by atoms with van der Waals surface area (Å²) in [7, 11) is 0. The molecular formula is C46H82O15. The van der Waals surface area contributed by atoms with Crippen LogP contribution in [0.15, 0.2) is 24.3 Å². The van der Waals surface area contributed by atoms with Crippen molar-refractivity contribution in [3.63, 3.8) is 0 Å². The van der Waals surface area contributed by atoms with Crippen LogP contribution in [-0.4, -0.2) is 142 Å². The predicted octanol–water partition coefficient (Wildman–Crippen LogP) is 5.21. The van der Waals surface area contributed by atoms with Gasteiger partial charge in [0.15, 0.2) is 18.7 Å². The second kappa shape index (κ2) is 34.4. The molecule has 0 amide bonds. The van der Waals surface area contributed by atoms with E-state index in [2.05, 4.69) is 26.0 Å². The molecule has 7 N–H and O–H groups in total. The molecule has 5 unspecified atom stereocenters. The van der Waals surface area contributed by atoms with Crippen LogP contribution in [0.4, 0.5) is 0 Å². The molecular weight excluding hydrogens is 792 g/mol. The van der Waals surface area contributed by atoms with Gasteiger partial charge in [-0.3, -0.25) is 9.59 Å². The summed E-state index contributed by atoms with van der Waals surface area (Å²) in [4.78, 5) is 25.6. The Bertz CT molecular complexity index is 1170. The van der Waals surface area contributed by atoms with E-state index < -0.39 is 99.3 Å². The summed E-state index contributed by atoms with van der Waals surface area (Å²) in [5, 5.41) is 71.8. The molecule has 0 aliphatic carbocycles. The van der Waals surface area contributed by atoms with Crippen molar-refractivity contribution in [3.05, 3.63) is 24.3 Å². The molecule has 0 aromatic heterocycles. The van der Waals surface area contributed by atoms with Gasteiger partial charge in [0.25, 0.3) is 0 Å². The molecule has 0 aromatic rings. The number of aliphatic hydroxyl groups is 7. The third kappa shape index (κ3) is 23.5. The fraction of sp³-hybridized carbons (Fsp3) is 0.870. The third-order valence-electron chi connectivity index (χ3n) is 11.2. The zero-order valence-electron chi connectivity index (χ0n) is 37.1. The summed E-state index contributed by atoms with van der Waals surface area (Å²) < 4.78 is 33.4. The van der Waals surface area contributed by atoms with Crippen molar-refractivity contribution in [1.82, 2.24) is 0 Å². The fourth-order valence-corrected chi connectivity index (χ4v) is 7.27. The minimum absolute atomic E-state index is 0.0616. The first-order valence-corrected chi connectivity index (χ1v) is 23.4.